The maximum absolute atomic E-state index is 9.97. The quantitative estimate of drug-likeness (QED) is 0.422. The van der Waals surface area contributed by atoms with Crippen molar-refractivity contribution in [2.24, 2.45) is 5.73 Å². The Morgan fingerprint density at radius 3 is 2.17 bits per heavy atom. The fourth-order valence-electron chi connectivity index (χ4n) is 0.397. The molecule has 0 aromatic rings. The smallest absolute Gasteiger partial charge is 0.550 e. The molecule has 0 bridgehead atoms. The molecule has 0 aliphatic carbocycles. The van der Waals surface area contributed by atoms with E-state index in [4.69, 9.17) is 10.8 Å². The van der Waals surface area contributed by atoms with E-state index in [1.54, 1.807) is 0 Å². The molecule has 0 fully saturated rings. The van der Waals surface area contributed by atoms with Crippen LogP contribution >= 0.6 is 0 Å². The van der Waals surface area contributed by atoms with Crippen molar-refractivity contribution in [2.75, 3.05) is 0 Å². The Morgan fingerprint density at radius 1 is 1.50 bits per heavy atom. The Labute approximate surface area is 91.3 Å². The number of rotatable bonds is 4. The van der Waals surface area contributed by atoms with Crippen LogP contribution < -0.4 is 40.4 Å². The first-order valence-corrected chi connectivity index (χ1v) is 2.72. The van der Waals surface area contributed by atoms with Crippen LogP contribution in [0.25, 0.3) is 0 Å². The zero-order valence-electron chi connectivity index (χ0n) is 6.74. The summed E-state index contributed by atoms with van der Waals surface area (Å²) in [5.74, 6) is -2.47. The molecule has 7 heteroatoms. The van der Waals surface area contributed by atoms with E-state index in [9.17, 15) is 14.7 Å². The minimum Gasteiger partial charge on any atom is -0.550 e. The van der Waals surface area contributed by atoms with Crippen molar-refractivity contribution in [2.45, 2.75) is 18.9 Å². The van der Waals surface area contributed by atoms with Crippen LogP contribution in [0.4, 0.5) is 0 Å². The summed E-state index contributed by atoms with van der Waals surface area (Å²) in [5, 5.41) is 17.9. The van der Waals surface area contributed by atoms with E-state index in [0.29, 0.717) is 0 Å². The SMILES string of the molecule is NC(CCC(=O)[O-])C(=O)O.O.[Na+]. The average molecular weight is 187 g/mol. The molecule has 1 unspecified atom stereocenters. The molecule has 0 amide bonds. The summed E-state index contributed by atoms with van der Waals surface area (Å²) in [5.41, 5.74) is 4.97. The number of nitrogens with two attached hydrogens (primary N) is 1. The van der Waals surface area contributed by atoms with Gasteiger partial charge in [0.25, 0.3) is 0 Å². The molecule has 0 rings (SSSR count). The van der Waals surface area contributed by atoms with E-state index in [2.05, 4.69) is 0 Å². The van der Waals surface area contributed by atoms with Gasteiger partial charge in [-0.3, -0.25) is 4.79 Å². The van der Waals surface area contributed by atoms with Crippen molar-refractivity contribution in [3.8, 4) is 0 Å². The number of hydrogen-bond acceptors (Lipinski definition) is 4. The van der Waals surface area contributed by atoms with Crippen molar-refractivity contribution in [1.82, 2.24) is 0 Å². The van der Waals surface area contributed by atoms with E-state index in [1.807, 2.05) is 0 Å². The van der Waals surface area contributed by atoms with Crippen molar-refractivity contribution >= 4 is 11.9 Å². The fourth-order valence-corrected chi connectivity index (χ4v) is 0.397. The predicted octanol–water partition coefficient (Wildman–Crippen LogP) is -5.89. The standard InChI is InChI=1S/C5H9NO4.Na.H2O/c6-3(5(9)10)1-2-4(7)8;;/h3H,1-2,6H2,(H,7,8)(H,9,10);;1H2/q;+1;/p-1. The molecule has 66 valence electrons. The van der Waals surface area contributed by atoms with Gasteiger partial charge in [-0.05, 0) is 12.8 Å². The molecule has 12 heavy (non-hydrogen) atoms. The van der Waals surface area contributed by atoms with Crippen molar-refractivity contribution in [3.05, 3.63) is 0 Å². The molecule has 5 N–H and O–H groups in total. The van der Waals surface area contributed by atoms with Crippen LogP contribution in [0.1, 0.15) is 12.8 Å². The van der Waals surface area contributed by atoms with Gasteiger partial charge in [0.05, 0.1) is 0 Å². The topological polar surface area (TPSA) is 135 Å². The van der Waals surface area contributed by atoms with Gasteiger partial charge in [-0.2, -0.15) is 0 Å². The maximum atomic E-state index is 9.97. The molecular weight excluding hydrogens is 177 g/mol. The molecule has 0 aliphatic rings. The first kappa shape index (κ1) is 17.8. The molecule has 0 saturated carbocycles. The third-order valence-corrected chi connectivity index (χ3v) is 0.977. The van der Waals surface area contributed by atoms with Crippen LogP contribution in [0.5, 0.6) is 0 Å². The summed E-state index contributed by atoms with van der Waals surface area (Å²) < 4.78 is 0. The second kappa shape index (κ2) is 8.95. The van der Waals surface area contributed by atoms with E-state index in [0.717, 1.165) is 0 Å². The molecule has 0 aromatic carbocycles. The van der Waals surface area contributed by atoms with Crippen LogP contribution in [-0.2, 0) is 9.59 Å². The molecule has 0 radical (unpaired) electrons. The van der Waals surface area contributed by atoms with E-state index in [-0.39, 0.29) is 47.9 Å². The number of carboxylic acid groups (broad SMARTS) is 2. The summed E-state index contributed by atoms with van der Waals surface area (Å²) in [6.07, 6.45) is -0.398. The summed E-state index contributed by atoms with van der Waals surface area (Å²) in [6, 6.07) is -1.10. The number of carbonyl (C=O) groups is 2. The summed E-state index contributed by atoms with van der Waals surface area (Å²) in [7, 11) is 0. The second-order valence-electron chi connectivity index (χ2n) is 1.86. The summed E-state index contributed by atoms with van der Waals surface area (Å²) >= 11 is 0. The van der Waals surface area contributed by atoms with Gasteiger partial charge in [-0.15, -0.1) is 0 Å². The van der Waals surface area contributed by atoms with Gasteiger partial charge in [0.1, 0.15) is 6.04 Å². The third-order valence-electron chi connectivity index (χ3n) is 0.977. The van der Waals surface area contributed by atoms with Crippen LogP contribution in [-0.4, -0.2) is 28.6 Å². The molecule has 6 nitrogen and oxygen atoms in total. The van der Waals surface area contributed by atoms with Gasteiger partial charge in [0, 0.05) is 5.97 Å². The molecule has 0 heterocycles. The van der Waals surface area contributed by atoms with Gasteiger partial charge in [-0.1, -0.05) is 0 Å². The monoisotopic (exact) mass is 187 g/mol. The van der Waals surface area contributed by atoms with Crippen LogP contribution in [0.3, 0.4) is 0 Å². The van der Waals surface area contributed by atoms with E-state index < -0.39 is 18.0 Å². The first-order valence-electron chi connectivity index (χ1n) is 2.72. The fraction of sp³-hybridized carbons (Fsp3) is 0.600. The zero-order valence-corrected chi connectivity index (χ0v) is 8.74. The molecule has 0 aliphatic heterocycles. The normalized spacial score (nSPS) is 10.4. The Balaban J connectivity index is -0.000000405. The zero-order chi connectivity index (χ0) is 8.15. The minimum absolute atomic E-state index is 0. The van der Waals surface area contributed by atoms with E-state index >= 15 is 0 Å². The van der Waals surface area contributed by atoms with Gasteiger partial charge in [0.15, 0.2) is 0 Å². The number of aliphatic carboxylic acids is 2. The molecule has 0 spiro atoms. The van der Waals surface area contributed by atoms with Crippen molar-refractivity contribution in [3.63, 3.8) is 0 Å². The predicted molar refractivity (Wildman–Crippen MR) is 33.5 cm³/mol. The Kier molecular flexibility index (Phi) is 13.3. The first-order chi connectivity index (χ1) is 4.54. The summed E-state index contributed by atoms with van der Waals surface area (Å²) in [6.45, 7) is 0. The molecule has 0 aromatic heterocycles. The minimum atomic E-state index is -1.28. The number of carboxylic acids is 2. The van der Waals surface area contributed by atoms with Gasteiger partial charge in [-0.25, -0.2) is 0 Å². The van der Waals surface area contributed by atoms with Crippen LogP contribution in [0.2, 0.25) is 0 Å². The largest absolute Gasteiger partial charge is 1.00 e. The van der Waals surface area contributed by atoms with Crippen molar-refractivity contribution < 1.29 is 54.8 Å². The molecule has 1 atom stereocenters. The van der Waals surface area contributed by atoms with Crippen molar-refractivity contribution in [1.29, 1.82) is 0 Å². The van der Waals surface area contributed by atoms with Gasteiger partial charge >= 0.3 is 35.5 Å². The number of carbonyl (C=O) groups excluding carboxylic acids is 1. The van der Waals surface area contributed by atoms with Crippen LogP contribution in [0, 0.1) is 0 Å². The Bertz CT molecular complexity index is 151. The molecule has 0 saturated heterocycles. The number of hydrogen-bond donors (Lipinski definition) is 2. The van der Waals surface area contributed by atoms with Crippen LogP contribution in [0.15, 0.2) is 0 Å². The maximum Gasteiger partial charge on any atom is 1.00 e. The second-order valence-corrected chi connectivity index (χ2v) is 1.86. The van der Waals surface area contributed by atoms with Gasteiger partial charge in [0.2, 0.25) is 0 Å². The average Bonchev–Trinajstić information content (AvgIpc) is 1.82. The Hall–Kier alpha value is -0.140. The molecular formula is C5H10NNaO5. The summed E-state index contributed by atoms with van der Waals surface area (Å²) in [4.78, 5) is 19.7. The van der Waals surface area contributed by atoms with E-state index in [1.165, 1.54) is 0 Å². The third kappa shape index (κ3) is 9.86. The Morgan fingerprint density at radius 2 is 1.92 bits per heavy atom. The van der Waals surface area contributed by atoms with Gasteiger partial charge < -0.3 is 26.2 Å².